The third-order valence-corrected chi connectivity index (χ3v) is 10.4. The molecule has 2 aromatic carbocycles. The molecule has 1 aliphatic carbocycles. The summed E-state index contributed by atoms with van der Waals surface area (Å²) in [5.41, 5.74) is 5.59. The first-order valence-corrected chi connectivity index (χ1v) is 20.5. The summed E-state index contributed by atoms with van der Waals surface area (Å²) in [4.78, 5) is 24.9. The Balaban J connectivity index is 1.25. The molecule has 1 aliphatic rings. The van der Waals surface area contributed by atoms with Crippen molar-refractivity contribution in [3.05, 3.63) is 132 Å². The fourth-order valence-electron chi connectivity index (χ4n) is 6.77. The molecular weight excluding hydrogens is 665 g/mol. The molecule has 0 aromatic heterocycles. The molecule has 0 heterocycles. The molecule has 0 saturated heterocycles. The van der Waals surface area contributed by atoms with Gasteiger partial charge in [-0.3, -0.25) is 9.59 Å². The van der Waals surface area contributed by atoms with Crippen molar-refractivity contribution >= 4 is 23.5 Å². The van der Waals surface area contributed by atoms with Crippen molar-refractivity contribution in [2.24, 2.45) is 0 Å². The molecule has 5 heteroatoms. The minimum Gasteiger partial charge on any atom is -0.480 e. The van der Waals surface area contributed by atoms with Crippen LogP contribution in [0.15, 0.2) is 109 Å². The SMILES string of the molecule is CC/C=C\CC=CCC=CC/C=C\C/C=C\CCCCNC(CCCCNc1ccc(/C=C/C(=O)c2ccc3c(c2)C(C)(C)CCC3(C)C)cc1)C(=O)O. The standard InChI is InChI=1S/C49H68N2O3/c1-6-7-8-9-10-11-12-13-14-15-16-17-18-19-20-21-22-24-38-51-45(47(53)54)26-23-25-37-50-42-31-27-40(28-32-42)29-34-46(52)41-30-33-43-44(39-41)49(4,5)36-35-48(43,2)3/h7-8,10-11,13-14,16-17,19-20,27-34,39,45,50-51H,6,9,12,15,18,21-26,35-38H2,1-5H3,(H,53,54)/b8-7-,11-10?,14-13?,17-16-,20-19-,34-29+. The largest absolute Gasteiger partial charge is 0.480 e. The van der Waals surface area contributed by atoms with Crippen LogP contribution >= 0.6 is 0 Å². The zero-order chi connectivity index (χ0) is 39.1. The second-order valence-corrected chi connectivity index (χ2v) is 15.8. The lowest BCUT2D eigenvalue weighted by Gasteiger charge is -2.42. The highest BCUT2D eigenvalue weighted by Gasteiger charge is 2.37. The third-order valence-electron chi connectivity index (χ3n) is 10.4. The van der Waals surface area contributed by atoms with Crippen molar-refractivity contribution in [1.29, 1.82) is 0 Å². The van der Waals surface area contributed by atoms with Gasteiger partial charge in [-0.2, -0.15) is 0 Å². The van der Waals surface area contributed by atoms with Crippen molar-refractivity contribution in [2.75, 3.05) is 18.4 Å². The van der Waals surface area contributed by atoms with Crippen LogP contribution in [0.2, 0.25) is 0 Å². The van der Waals surface area contributed by atoms with Crippen molar-refractivity contribution in [3.63, 3.8) is 0 Å². The molecular formula is C49H68N2O3. The molecule has 2 aromatic rings. The molecule has 0 aliphatic heterocycles. The number of carbonyl (C=O) groups is 2. The molecule has 1 atom stereocenters. The number of aliphatic carboxylic acids is 1. The van der Waals surface area contributed by atoms with Crippen LogP contribution in [0.3, 0.4) is 0 Å². The lowest BCUT2D eigenvalue weighted by Crippen LogP contribution is -2.37. The Kier molecular flexibility index (Phi) is 19.8. The topological polar surface area (TPSA) is 78.4 Å². The first-order chi connectivity index (χ1) is 26.0. The summed E-state index contributed by atoms with van der Waals surface area (Å²) >= 11 is 0. The van der Waals surface area contributed by atoms with Gasteiger partial charge in [0.05, 0.1) is 0 Å². The molecule has 0 radical (unpaired) electrons. The summed E-state index contributed by atoms with van der Waals surface area (Å²) in [6.45, 7) is 12.8. The van der Waals surface area contributed by atoms with E-state index in [1.54, 1.807) is 6.08 Å². The van der Waals surface area contributed by atoms with Gasteiger partial charge in [0.1, 0.15) is 6.04 Å². The summed E-state index contributed by atoms with van der Waals surface area (Å²) < 4.78 is 0. The second-order valence-electron chi connectivity index (χ2n) is 15.8. The van der Waals surface area contributed by atoms with Gasteiger partial charge in [0.15, 0.2) is 5.78 Å². The average Bonchev–Trinajstić information content (AvgIpc) is 3.15. The summed E-state index contributed by atoms with van der Waals surface area (Å²) in [6.07, 6.45) is 38.3. The fraction of sp³-hybridized carbons (Fsp3) is 0.469. The smallest absolute Gasteiger partial charge is 0.320 e. The Labute approximate surface area is 327 Å². The minimum atomic E-state index is -0.776. The van der Waals surface area contributed by atoms with E-state index in [2.05, 4.69) is 118 Å². The van der Waals surface area contributed by atoms with Gasteiger partial charge >= 0.3 is 5.97 Å². The molecule has 54 heavy (non-hydrogen) atoms. The normalized spacial score (nSPS) is 16.0. The minimum absolute atomic E-state index is 0.0228. The number of ketones is 1. The predicted octanol–water partition coefficient (Wildman–Crippen LogP) is 12.5. The Hall–Kier alpha value is -4.22. The Morgan fingerprint density at radius 1 is 0.704 bits per heavy atom. The van der Waals surface area contributed by atoms with E-state index >= 15 is 0 Å². The van der Waals surface area contributed by atoms with E-state index in [4.69, 9.17) is 0 Å². The maximum Gasteiger partial charge on any atom is 0.320 e. The van der Waals surface area contributed by atoms with Crippen molar-refractivity contribution < 1.29 is 14.7 Å². The molecule has 0 fully saturated rings. The molecule has 292 valence electrons. The lowest BCUT2D eigenvalue weighted by molar-refractivity contribution is -0.139. The molecule has 0 spiro atoms. The number of anilines is 1. The Bertz CT molecular complexity index is 1600. The summed E-state index contributed by atoms with van der Waals surface area (Å²) in [7, 11) is 0. The number of allylic oxidation sites excluding steroid dienone is 11. The van der Waals surface area contributed by atoms with Gasteiger partial charge in [0, 0.05) is 17.8 Å². The van der Waals surface area contributed by atoms with Crippen molar-refractivity contribution in [1.82, 2.24) is 5.32 Å². The molecule has 3 N–H and O–H groups in total. The second kappa shape index (κ2) is 24.2. The number of hydrogen-bond donors (Lipinski definition) is 3. The van der Waals surface area contributed by atoms with Crippen molar-refractivity contribution in [2.45, 2.75) is 135 Å². The molecule has 0 amide bonds. The third kappa shape index (κ3) is 16.4. The first kappa shape index (κ1) is 44.2. The highest BCUT2D eigenvalue weighted by Crippen LogP contribution is 2.46. The number of carboxylic acids is 1. The van der Waals surface area contributed by atoms with Crippen LogP contribution in [-0.4, -0.2) is 36.0 Å². The quantitative estimate of drug-likeness (QED) is 0.0410. The zero-order valence-corrected chi connectivity index (χ0v) is 33.9. The predicted molar refractivity (Wildman–Crippen MR) is 232 cm³/mol. The van der Waals surface area contributed by atoms with E-state index in [0.29, 0.717) is 6.42 Å². The lowest BCUT2D eigenvalue weighted by atomic mass is 9.63. The van der Waals surface area contributed by atoms with E-state index in [1.807, 2.05) is 36.4 Å². The maximum atomic E-state index is 13.1. The molecule has 3 rings (SSSR count). The van der Waals surface area contributed by atoms with E-state index in [9.17, 15) is 14.7 Å². The summed E-state index contributed by atoms with van der Waals surface area (Å²) in [5.74, 6) is -0.753. The van der Waals surface area contributed by atoms with Crippen molar-refractivity contribution in [3.8, 4) is 0 Å². The van der Waals surface area contributed by atoms with Crippen LogP contribution in [0.5, 0.6) is 0 Å². The van der Waals surface area contributed by atoms with Crippen LogP contribution in [0.4, 0.5) is 5.69 Å². The first-order valence-electron chi connectivity index (χ1n) is 20.5. The number of benzene rings is 2. The van der Waals surface area contributed by atoms with E-state index in [-0.39, 0.29) is 16.6 Å². The highest BCUT2D eigenvalue weighted by molar-refractivity contribution is 6.07. The molecule has 0 bridgehead atoms. The number of hydrogen-bond acceptors (Lipinski definition) is 4. The number of carbonyl (C=O) groups excluding carboxylic acids is 1. The molecule has 1 unspecified atom stereocenters. The van der Waals surface area contributed by atoms with Gasteiger partial charge in [-0.15, -0.1) is 0 Å². The van der Waals surface area contributed by atoms with Gasteiger partial charge in [0.25, 0.3) is 0 Å². The highest BCUT2D eigenvalue weighted by atomic mass is 16.4. The molecule has 0 saturated carbocycles. The fourth-order valence-corrected chi connectivity index (χ4v) is 6.77. The van der Waals surface area contributed by atoms with Crippen LogP contribution in [0.25, 0.3) is 6.08 Å². The number of carboxylic acid groups (broad SMARTS) is 1. The van der Waals surface area contributed by atoms with Gasteiger partial charge in [-0.25, -0.2) is 0 Å². The zero-order valence-electron chi connectivity index (χ0n) is 33.9. The van der Waals surface area contributed by atoms with E-state index < -0.39 is 12.0 Å². The van der Waals surface area contributed by atoms with Gasteiger partial charge in [0.2, 0.25) is 0 Å². The van der Waals surface area contributed by atoms with Crippen LogP contribution in [0.1, 0.15) is 145 Å². The maximum absolute atomic E-state index is 13.1. The molecule has 5 nitrogen and oxygen atoms in total. The van der Waals surface area contributed by atoms with Gasteiger partial charge < -0.3 is 15.7 Å². The van der Waals surface area contributed by atoms with Gasteiger partial charge in [-0.1, -0.05) is 126 Å². The monoisotopic (exact) mass is 733 g/mol. The summed E-state index contributed by atoms with van der Waals surface area (Å²) in [5, 5.41) is 16.4. The van der Waals surface area contributed by atoms with Crippen LogP contribution in [0, 0.1) is 0 Å². The number of nitrogens with one attached hydrogen (secondary N) is 2. The van der Waals surface area contributed by atoms with E-state index in [0.717, 1.165) is 107 Å². The number of rotatable bonds is 25. The Morgan fingerprint density at radius 2 is 1.28 bits per heavy atom. The average molecular weight is 733 g/mol. The Morgan fingerprint density at radius 3 is 1.89 bits per heavy atom. The number of unbranched alkanes of at least 4 members (excludes halogenated alkanes) is 3. The van der Waals surface area contributed by atoms with Gasteiger partial charge in [-0.05, 0) is 142 Å². The van der Waals surface area contributed by atoms with E-state index in [1.165, 1.54) is 11.1 Å². The summed E-state index contributed by atoms with van der Waals surface area (Å²) in [6, 6.07) is 13.8. The van der Waals surface area contributed by atoms with Crippen LogP contribution < -0.4 is 10.6 Å². The van der Waals surface area contributed by atoms with Crippen LogP contribution in [-0.2, 0) is 15.6 Å². The number of fused-ring (bicyclic) bond motifs is 1.